The lowest BCUT2D eigenvalue weighted by Gasteiger charge is -2.31. The molecule has 0 N–H and O–H groups in total. The Morgan fingerprint density at radius 3 is 2.65 bits per heavy atom. The lowest BCUT2D eigenvalue weighted by molar-refractivity contribution is -0.143. The molecule has 0 radical (unpaired) electrons. The number of piperidine rings is 1. The summed E-state index contributed by atoms with van der Waals surface area (Å²) in [7, 11) is 4.28. The summed E-state index contributed by atoms with van der Waals surface area (Å²) in [5.41, 5.74) is 0. The standard InChI is InChI=1S/C13H26N2O2/c1-4-17-13(16)7-10-15(3)11-12-5-8-14(2)9-6-12/h12H,4-11H2,1-3H3. The molecular formula is C13H26N2O2. The van der Waals surface area contributed by atoms with Crippen LogP contribution in [0.4, 0.5) is 0 Å². The molecule has 0 aliphatic carbocycles. The van der Waals surface area contributed by atoms with E-state index in [1.807, 2.05) is 6.92 Å². The van der Waals surface area contributed by atoms with Crippen molar-refractivity contribution < 1.29 is 9.53 Å². The van der Waals surface area contributed by atoms with Crippen molar-refractivity contribution in [3.63, 3.8) is 0 Å². The van der Waals surface area contributed by atoms with Gasteiger partial charge in [0.2, 0.25) is 0 Å². The van der Waals surface area contributed by atoms with Crippen molar-refractivity contribution in [1.82, 2.24) is 9.80 Å². The van der Waals surface area contributed by atoms with Crippen molar-refractivity contribution in [2.75, 3.05) is 46.9 Å². The summed E-state index contributed by atoms with van der Waals surface area (Å²) in [6.45, 7) is 6.66. The van der Waals surface area contributed by atoms with Gasteiger partial charge in [-0.25, -0.2) is 0 Å². The van der Waals surface area contributed by atoms with Gasteiger partial charge in [-0.3, -0.25) is 4.79 Å². The van der Waals surface area contributed by atoms with E-state index in [1.54, 1.807) is 0 Å². The van der Waals surface area contributed by atoms with Crippen molar-refractivity contribution in [1.29, 1.82) is 0 Å². The largest absolute Gasteiger partial charge is 0.466 e. The first-order valence-corrected chi connectivity index (χ1v) is 6.64. The van der Waals surface area contributed by atoms with Gasteiger partial charge >= 0.3 is 5.97 Å². The molecule has 0 unspecified atom stereocenters. The van der Waals surface area contributed by atoms with Gasteiger partial charge in [0.05, 0.1) is 13.0 Å². The molecule has 1 heterocycles. The highest BCUT2D eigenvalue weighted by Gasteiger charge is 2.18. The predicted octanol–water partition coefficient (Wildman–Crippen LogP) is 1.21. The minimum absolute atomic E-state index is 0.0808. The number of hydrogen-bond acceptors (Lipinski definition) is 4. The summed E-state index contributed by atoms with van der Waals surface area (Å²) in [4.78, 5) is 15.9. The number of likely N-dealkylation sites (tertiary alicyclic amines) is 1. The second kappa shape index (κ2) is 7.67. The molecule has 0 spiro atoms. The predicted molar refractivity (Wildman–Crippen MR) is 69.0 cm³/mol. The first-order chi connectivity index (χ1) is 8.11. The third-order valence-electron chi connectivity index (χ3n) is 3.41. The van der Waals surface area contributed by atoms with Crippen LogP contribution in [0.25, 0.3) is 0 Å². The van der Waals surface area contributed by atoms with Gasteiger partial charge in [0, 0.05) is 13.1 Å². The van der Waals surface area contributed by atoms with E-state index >= 15 is 0 Å². The van der Waals surface area contributed by atoms with Gasteiger partial charge in [-0.1, -0.05) is 0 Å². The minimum Gasteiger partial charge on any atom is -0.466 e. The highest BCUT2D eigenvalue weighted by molar-refractivity contribution is 5.69. The summed E-state index contributed by atoms with van der Waals surface area (Å²) in [5.74, 6) is 0.709. The molecule has 0 atom stereocenters. The van der Waals surface area contributed by atoms with Gasteiger partial charge in [0.15, 0.2) is 0 Å². The van der Waals surface area contributed by atoms with Gasteiger partial charge in [0.25, 0.3) is 0 Å². The van der Waals surface area contributed by atoms with Crippen molar-refractivity contribution in [2.45, 2.75) is 26.2 Å². The van der Waals surface area contributed by atoms with Gasteiger partial charge in [-0.05, 0) is 52.9 Å². The van der Waals surface area contributed by atoms with Gasteiger partial charge in [0.1, 0.15) is 0 Å². The average molecular weight is 242 g/mol. The van der Waals surface area contributed by atoms with Crippen LogP contribution < -0.4 is 0 Å². The van der Waals surface area contributed by atoms with E-state index in [2.05, 4.69) is 23.9 Å². The summed E-state index contributed by atoms with van der Waals surface area (Å²) in [5, 5.41) is 0. The topological polar surface area (TPSA) is 32.8 Å². The van der Waals surface area contributed by atoms with E-state index in [1.165, 1.54) is 25.9 Å². The Bertz CT molecular complexity index is 225. The number of rotatable bonds is 6. The Kier molecular flexibility index (Phi) is 6.52. The van der Waals surface area contributed by atoms with E-state index < -0.39 is 0 Å². The zero-order chi connectivity index (χ0) is 12.7. The fourth-order valence-corrected chi connectivity index (χ4v) is 2.29. The molecule has 0 saturated carbocycles. The van der Waals surface area contributed by atoms with E-state index in [0.717, 1.165) is 19.0 Å². The normalized spacial score (nSPS) is 18.6. The Morgan fingerprint density at radius 2 is 2.06 bits per heavy atom. The van der Waals surface area contributed by atoms with E-state index in [4.69, 9.17) is 4.74 Å². The number of hydrogen-bond donors (Lipinski definition) is 0. The third-order valence-corrected chi connectivity index (χ3v) is 3.41. The fourth-order valence-electron chi connectivity index (χ4n) is 2.29. The molecule has 1 fully saturated rings. The lowest BCUT2D eigenvalue weighted by atomic mass is 9.97. The molecule has 1 aliphatic rings. The summed E-state index contributed by atoms with van der Waals surface area (Å²) in [6.07, 6.45) is 3.07. The number of esters is 1. The summed E-state index contributed by atoms with van der Waals surface area (Å²) >= 11 is 0. The van der Waals surface area contributed by atoms with Crippen molar-refractivity contribution >= 4 is 5.97 Å². The van der Waals surface area contributed by atoms with Crippen LogP contribution in [0.2, 0.25) is 0 Å². The molecule has 1 rings (SSSR count). The third kappa shape index (κ3) is 6.03. The van der Waals surface area contributed by atoms with Crippen LogP contribution in [0.3, 0.4) is 0 Å². The van der Waals surface area contributed by atoms with Crippen LogP contribution in [-0.2, 0) is 9.53 Å². The highest BCUT2D eigenvalue weighted by atomic mass is 16.5. The molecule has 4 heteroatoms. The first-order valence-electron chi connectivity index (χ1n) is 6.64. The molecule has 0 amide bonds. The highest BCUT2D eigenvalue weighted by Crippen LogP contribution is 2.16. The number of carbonyl (C=O) groups is 1. The zero-order valence-corrected chi connectivity index (χ0v) is 11.4. The van der Waals surface area contributed by atoms with Crippen molar-refractivity contribution in [2.24, 2.45) is 5.92 Å². The fraction of sp³-hybridized carbons (Fsp3) is 0.923. The van der Waals surface area contributed by atoms with Crippen LogP contribution in [-0.4, -0.2) is 62.7 Å². The van der Waals surface area contributed by atoms with Gasteiger partial charge < -0.3 is 14.5 Å². The lowest BCUT2D eigenvalue weighted by Crippen LogP contribution is -2.36. The Labute approximate surface area is 105 Å². The monoisotopic (exact) mass is 242 g/mol. The zero-order valence-electron chi connectivity index (χ0n) is 11.4. The van der Waals surface area contributed by atoms with Crippen molar-refractivity contribution in [3.8, 4) is 0 Å². The number of carbonyl (C=O) groups excluding carboxylic acids is 1. The molecule has 17 heavy (non-hydrogen) atoms. The molecule has 1 aliphatic heterocycles. The smallest absolute Gasteiger partial charge is 0.307 e. The summed E-state index contributed by atoms with van der Waals surface area (Å²) < 4.78 is 4.92. The Morgan fingerprint density at radius 1 is 1.41 bits per heavy atom. The maximum Gasteiger partial charge on any atom is 0.307 e. The number of nitrogens with zero attached hydrogens (tertiary/aromatic N) is 2. The average Bonchev–Trinajstić information content (AvgIpc) is 2.30. The SMILES string of the molecule is CCOC(=O)CCN(C)CC1CCN(C)CC1. The molecule has 0 bridgehead atoms. The van der Waals surface area contributed by atoms with Crippen LogP contribution in [0.1, 0.15) is 26.2 Å². The molecule has 0 aromatic heterocycles. The van der Waals surface area contributed by atoms with E-state index in [9.17, 15) is 4.79 Å². The van der Waals surface area contributed by atoms with Gasteiger partial charge in [-0.2, -0.15) is 0 Å². The van der Waals surface area contributed by atoms with E-state index in [-0.39, 0.29) is 5.97 Å². The van der Waals surface area contributed by atoms with E-state index in [0.29, 0.717) is 13.0 Å². The first kappa shape index (κ1) is 14.5. The minimum atomic E-state index is -0.0808. The van der Waals surface area contributed by atoms with Crippen LogP contribution >= 0.6 is 0 Å². The van der Waals surface area contributed by atoms with Gasteiger partial charge in [-0.15, -0.1) is 0 Å². The molecule has 4 nitrogen and oxygen atoms in total. The Balaban J connectivity index is 2.12. The molecule has 0 aromatic carbocycles. The summed E-state index contributed by atoms with van der Waals surface area (Å²) in [6, 6.07) is 0. The quantitative estimate of drug-likeness (QED) is 0.656. The van der Waals surface area contributed by atoms with Crippen molar-refractivity contribution in [3.05, 3.63) is 0 Å². The second-order valence-corrected chi connectivity index (χ2v) is 5.06. The maximum absolute atomic E-state index is 11.2. The number of ether oxygens (including phenoxy) is 1. The maximum atomic E-state index is 11.2. The Hall–Kier alpha value is -0.610. The van der Waals surface area contributed by atoms with Crippen LogP contribution in [0.5, 0.6) is 0 Å². The molecule has 1 saturated heterocycles. The molecule has 100 valence electrons. The molecule has 0 aromatic rings. The second-order valence-electron chi connectivity index (χ2n) is 5.06. The van der Waals surface area contributed by atoms with Crippen LogP contribution in [0.15, 0.2) is 0 Å². The molecular weight excluding hydrogens is 216 g/mol. The van der Waals surface area contributed by atoms with Crippen LogP contribution in [0, 0.1) is 5.92 Å².